The Morgan fingerprint density at radius 3 is 2.56 bits per heavy atom. The van der Waals surface area contributed by atoms with Crippen LogP contribution in [0.15, 0.2) is 47.6 Å². The number of hydrogen-bond acceptors (Lipinski definition) is 4. The van der Waals surface area contributed by atoms with Gasteiger partial charge in [-0.05, 0) is 47.2 Å². The van der Waals surface area contributed by atoms with Crippen molar-refractivity contribution in [3.63, 3.8) is 0 Å². The average Bonchev–Trinajstić information content (AvgIpc) is 3.28. The van der Waals surface area contributed by atoms with Crippen molar-refractivity contribution in [3.8, 4) is 0 Å². The second-order valence-electron chi connectivity index (χ2n) is 9.27. The Balaban J connectivity index is 1.57. The number of likely N-dealkylation sites (tertiary alicyclic amines) is 1. The molecule has 0 radical (unpaired) electrons. The van der Waals surface area contributed by atoms with Crippen molar-refractivity contribution in [2.75, 3.05) is 6.54 Å². The molecule has 34 heavy (non-hydrogen) atoms. The summed E-state index contributed by atoms with van der Waals surface area (Å²) in [6.07, 6.45) is 5.85. The molecule has 2 aliphatic rings. The summed E-state index contributed by atoms with van der Waals surface area (Å²) in [4.78, 5) is 42.6. The summed E-state index contributed by atoms with van der Waals surface area (Å²) >= 11 is 0. The van der Waals surface area contributed by atoms with Crippen molar-refractivity contribution in [1.82, 2.24) is 10.2 Å². The van der Waals surface area contributed by atoms with Gasteiger partial charge in [-0.15, -0.1) is 0 Å². The third-order valence-electron chi connectivity index (χ3n) is 6.97. The van der Waals surface area contributed by atoms with Crippen molar-refractivity contribution < 1.29 is 19.5 Å². The van der Waals surface area contributed by atoms with Gasteiger partial charge in [-0.2, -0.15) is 0 Å². The lowest BCUT2D eigenvalue weighted by molar-refractivity contribution is -0.149. The molecule has 2 fully saturated rings. The lowest BCUT2D eigenvalue weighted by Gasteiger charge is -2.31. The molecule has 2 amide bonds. The predicted octanol–water partition coefficient (Wildman–Crippen LogP) is 4.27. The first-order valence-electron chi connectivity index (χ1n) is 11.8. The molecule has 1 saturated heterocycles. The Kier molecular flexibility index (Phi) is 7.33. The van der Waals surface area contributed by atoms with E-state index in [9.17, 15) is 19.5 Å². The van der Waals surface area contributed by atoms with E-state index in [2.05, 4.69) is 15.3 Å². The highest BCUT2D eigenvalue weighted by Gasteiger charge is 2.42. The third-order valence-corrected chi connectivity index (χ3v) is 6.97. The minimum Gasteiger partial charge on any atom is -0.480 e. The number of nitrogens with zero attached hydrogens (tertiary/aromatic N) is 4. The molecule has 1 aliphatic heterocycles. The van der Waals surface area contributed by atoms with Gasteiger partial charge < -0.3 is 15.3 Å². The summed E-state index contributed by atoms with van der Waals surface area (Å²) < 4.78 is 0. The average molecular weight is 464 g/mol. The monoisotopic (exact) mass is 463 g/mol. The first-order chi connectivity index (χ1) is 16.5. The highest BCUT2D eigenvalue weighted by Crippen LogP contribution is 2.29. The van der Waals surface area contributed by atoms with E-state index in [4.69, 9.17) is 5.53 Å². The number of carbonyl (C=O) groups excluding carboxylic acids is 2. The Hall–Kier alpha value is -3.58. The number of rotatable bonds is 7. The maximum atomic E-state index is 13.6. The second-order valence-corrected chi connectivity index (χ2v) is 9.27. The van der Waals surface area contributed by atoms with E-state index < -0.39 is 30.0 Å². The van der Waals surface area contributed by atoms with E-state index in [0.29, 0.717) is 17.9 Å². The van der Waals surface area contributed by atoms with Crippen LogP contribution in [0.5, 0.6) is 0 Å². The molecule has 1 saturated carbocycles. The molecular weight excluding hydrogens is 434 g/mol. The maximum Gasteiger partial charge on any atom is 0.326 e. The first-order valence-corrected chi connectivity index (χ1v) is 11.8. The fraction of sp³-hybridized carbons (Fsp3) is 0.480. The highest BCUT2D eigenvalue weighted by atomic mass is 16.4. The van der Waals surface area contributed by atoms with Gasteiger partial charge in [0.15, 0.2) is 0 Å². The van der Waals surface area contributed by atoms with E-state index >= 15 is 0 Å². The fourth-order valence-corrected chi connectivity index (χ4v) is 5.20. The van der Waals surface area contributed by atoms with Crippen LogP contribution in [0.2, 0.25) is 0 Å². The summed E-state index contributed by atoms with van der Waals surface area (Å²) in [5.41, 5.74) is 9.22. The summed E-state index contributed by atoms with van der Waals surface area (Å²) in [6, 6.07) is 10.6. The molecule has 9 heteroatoms. The molecule has 0 aromatic heterocycles. The van der Waals surface area contributed by atoms with Gasteiger partial charge in [0, 0.05) is 17.0 Å². The molecule has 178 valence electrons. The zero-order valence-electron chi connectivity index (χ0n) is 19.0. The summed E-state index contributed by atoms with van der Waals surface area (Å²) in [6.45, 7) is 0.0346. The number of carbonyl (C=O) groups is 3. The molecule has 2 aromatic rings. The molecule has 1 heterocycles. The van der Waals surface area contributed by atoms with Gasteiger partial charge in [-0.3, -0.25) is 9.59 Å². The molecule has 3 atom stereocenters. The van der Waals surface area contributed by atoms with Crippen molar-refractivity contribution in [2.24, 2.45) is 11.0 Å². The molecule has 2 aromatic carbocycles. The molecule has 4 rings (SSSR count). The van der Waals surface area contributed by atoms with Crippen molar-refractivity contribution in [2.45, 2.75) is 63.1 Å². The number of benzene rings is 2. The van der Waals surface area contributed by atoms with Crippen LogP contribution in [0.25, 0.3) is 21.2 Å². The van der Waals surface area contributed by atoms with Gasteiger partial charge in [0.25, 0.3) is 5.91 Å². The Morgan fingerprint density at radius 1 is 1.12 bits per heavy atom. The normalized spacial score (nSPS) is 21.6. The summed E-state index contributed by atoms with van der Waals surface area (Å²) in [5, 5.41) is 18.1. The van der Waals surface area contributed by atoms with Crippen LogP contribution in [-0.4, -0.2) is 52.5 Å². The van der Waals surface area contributed by atoms with Crippen LogP contribution in [0.1, 0.15) is 55.3 Å². The van der Waals surface area contributed by atoms with Crippen LogP contribution < -0.4 is 5.32 Å². The number of nitrogens with one attached hydrogen (secondary N) is 1. The van der Waals surface area contributed by atoms with Gasteiger partial charge >= 0.3 is 5.97 Å². The molecule has 9 nitrogen and oxygen atoms in total. The number of aliphatic carboxylic acids is 1. The topological polar surface area (TPSA) is 135 Å². The summed E-state index contributed by atoms with van der Waals surface area (Å²) in [7, 11) is 0. The standard InChI is InChI=1S/C25H29N5O4/c26-29-28-20-14-22(25(33)34)30(15-20)24(32)21(12-16-6-2-1-3-7-16)27-23(31)19-11-10-17-8-4-5-9-18(17)13-19/h4-5,8-11,13,16,20-22H,1-3,6-7,12,14-15H2,(H,27,31)(H,33,34)/t20?,21-,22+/m1/s1. The number of azide groups is 1. The minimum atomic E-state index is -1.14. The van der Waals surface area contributed by atoms with Crippen molar-refractivity contribution >= 4 is 28.6 Å². The maximum absolute atomic E-state index is 13.6. The van der Waals surface area contributed by atoms with Gasteiger partial charge in [-0.25, -0.2) is 4.79 Å². The smallest absolute Gasteiger partial charge is 0.326 e. The minimum absolute atomic E-state index is 0.0346. The van der Waals surface area contributed by atoms with Crippen LogP contribution in [0.3, 0.4) is 0 Å². The van der Waals surface area contributed by atoms with Crippen molar-refractivity contribution in [1.29, 1.82) is 0 Å². The van der Waals surface area contributed by atoms with Gasteiger partial charge in [0.1, 0.15) is 12.1 Å². The second kappa shape index (κ2) is 10.6. The number of amides is 2. The Labute approximate surface area is 197 Å². The highest BCUT2D eigenvalue weighted by molar-refractivity contribution is 6.01. The number of fused-ring (bicyclic) bond motifs is 1. The molecule has 1 aliphatic carbocycles. The third kappa shape index (κ3) is 5.31. The Morgan fingerprint density at radius 2 is 1.85 bits per heavy atom. The number of carboxylic acids is 1. The quantitative estimate of drug-likeness (QED) is 0.360. The van der Waals surface area contributed by atoms with E-state index in [0.717, 1.165) is 36.5 Å². The molecule has 1 unspecified atom stereocenters. The lowest BCUT2D eigenvalue weighted by Crippen LogP contribution is -2.52. The zero-order valence-corrected chi connectivity index (χ0v) is 19.0. The lowest BCUT2D eigenvalue weighted by atomic mass is 9.84. The predicted molar refractivity (Wildman–Crippen MR) is 127 cm³/mol. The van der Waals surface area contributed by atoms with Crippen LogP contribution in [0.4, 0.5) is 0 Å². The number of carboxylic acid groups (broad SMARTS) is 1. The van der Waals surface area contributed by atoms with E-state index in [1.54, 1.807) is 12.1 Å². The van der Waals surface area contributed by atoms with Crippen LogP contribution in [0, 0.1) is 5.92 Å². The van der Waals surface area contributed by atoms with E-state index in [1.165, 1.54) is 11.3 Å². The number of hydrogen-bond donors (Lipinski definition) is 2. The zero-order chi connectivity index (χ0) is 24.1. The summed E-state index contributed by atoms with van der Waals surface area (Å²) in [5.74, 6) is -1.64. The van der Waals surface area contributed by atoms with Gasteiger partial charge in [-0.1, -0.05) is 67.6 Å². The van der Waals surface area contributed by atoms with Gasteiger partial charge in [0.2, 0.25) is 5.91 Å². The Bertz CT molecular complexity index is 1120. The molecule has 2 N–H and O–H groups in total. The molecule has 0 bridgehead atoms. The van der Waals surface area contributed by atoms with Crippen LogP contribution in [-0.2, 0) is 9.59 Å². The fourth-order valence-electron chi connectivity index (χ4n) is 5.20. The SMILES string of the molecule is [N-]=[N+]=NC1C[C@@H](C(=O)O)N(C(=O)[C@@H](CC2CCCCC2)NC(=O)c2ccc3ccccc3c2)C1. The van der Waals surface area contributed by atoms with E-state index in [-0.39, 0.29) is 18.9 Å². The first kappa shape index (κ1) is 23.6. The van der Waals surface area contributed by atoms with Gasteiger partial charge in [0.05, 0.1) is 6.04 Å². The van der Waals surface area contributed by atoms with Crippen molar-refractivity contribution in [3.05, 3.63) is 58.5 Å². The van der Waals surface area contributed by atoms with Crippen LogP contribution >= 0.6 is 0 Å². The largest absolute Gasteiger partial charge is 0.480 e. The van der Waals surface area contributed by atoms with E-state index in [1.807, 2.05) is 30.3 Å². The molecular formula is C25H29N5O4. The molecule has 0 spiro atoms.